The summed E-state index contributed by atoms with van der Waals surface area (Å²) in [6, 6.07) is 10.8. The predicted octanol–water partition coefficient (Wildman–Crippen LogP) is 3.88. The first-order valence-corrected chi connectivity index (χ1v) is 9.41. The minimum atomic E-state index is -0.302. The summed E-state index contributed by atoms with van der Waals surface area (Å²) < 4.78 is 19.0. The zero-order chi connectivity index (χ0) is 19.4. The number of aryl methyl sites for hydroxylation is 1. The van der Waals surface area contributed by atoms with Gasteiger partial charge in [-0.15, -0.1) is 0 Å². The third kappa shape index (κ3) is 3.83. The van der Waals surface area contributed by atoms with E-state index in [9.17, 15) is 4.79 Å². The molecule has 1 amide bonds. The number of thiazole rings is 1. The van der Waals surface area contributed by atoms with Crippen molar-refractivity contribution < 1.29 is 19.0 Å². The summed E-state index contributed by atoms with van der Waals surface area (Å²) in [5.74, 6) is 1.63. The number of carbonyl (C=O) groups is 1. The molecule has 0 unspecified atom stereocenters. The van der Waals surface area contributed by atoms with E-state index in [1.807, 2.05) is 16.7 Å². The Morgan fingerprint density at radius 2 is 1.81 bits per heavy atom. The molecule has 1 aromatic heterocycles. The van der Waals surface area contributed by atoms with E-state index in [0.717, 1.165) is 23.2 Å². The highest BCUT2D eigenvalue weighted by molar-refractivity contribution is 7.16. The van der Waals surface area contributed by atoms with Crippen molar-refractivity contribution in [2.75, 3.05) is 21.3 Å². The van der Waals surface area contributed by atoms with Crippen LogP contribution >= 0.6 is 11.3 Å². The number of hydrogen-bond acceptors (Lipinski definition) is 5. The smallest absolute Gasteiger partial charge is 0.279 e. The zero-order valence-corrected chi connectivity index (χ0v) is 16.6. The third-order valence-corrected chi connectivity index (χ3v) is 5.19. The van der Waals surface area contributed by atoms with Crippen molar-refractivity contribution >= 4 is 27.5 Å². The van der Waals surface area contributed by atoms with Gasteiger partial charge in [-0.1, -0.05) is 24.3 Å². The number of carbonyl (C=O) groups excluding carboxylic acids is 1. The van der Waals surface area contributed by atoms with E-state index in [2.05, 4.69) is 11.9 Å². The Bertz CT molecular complexity index is 1040. The molecule has 0 saturated heterocycles. The lowest BCUT2D eigenvalue weighted by molar-refractivity contribution is 0.0997. The van der Waals surface area contributed by atoms with E-state index >= 15 is 0 Å². The molecule has 7 heteroatoms. The van der Waals surface area contributed by atoms with E-state index in [-0.39, 0.29) is 5.91 Å². The van der Waals surface area contributed by atoms with Crippen LogP contribution in [0.3, 0.4) is 0 Å². The Morgan fingerprint density at radius 1 is 1.07 bits per heavy atom. The number of fused-ring (bicyclic) bond motifs is 1. The summed E-state index contributed by atoms with van der Waals surface area (Å²) in [5, 5.41) is 0. The Morgan fingerprint density at radius 3 is 2.48 bits per heavy atom. The van der Waals surface area contributed by atoms with E-state index in [1.165, 1.54) is 11.3 Å². The molecule has 0 aliphatic carbocycles. The molecule has 0 N–H and O–H groups in total. The standard InChI is InChI=1S/C20H22N2O4S/c1-5-9-22-15-11-16(25-3)17(26-4)12-18(15)27-20(22)21-19(23)13-7-6-8-14(10-13)24-2/h6-8,10-12H,5,9H2,1-4H3. The normalized spacial score (nSPS) is 11.6. The van der Waals surface area contributed by atoms with Crippen LogP contribution in [0.2, 0.25) is 0 Å². The minimum Gasteiger partial charge on any atom is -0.497 e. The summed E-state index contributed by atoms with van der Waals surface area (Å²) in [4.78, 5) is 17.7. The van der Waals surface area contributed by atoms with Gasteiger partial charge in [-0.2, -0.15) is 4.99 Å². The fraction of sp³-hybridized carbons (Fsp3) is 0.300. The first kappa shape index (κ1) is 19.0. The number of nitrogens with zero attached hydrogens (tertiary/aromatic N) is 2. The topological polar surface area (TPSA) is 62.1 Å². The van der Waals surface area contributed by atoms with Crippen LogP contribution in [0.1, 0.15) is 23.7 Å². The van der Waals surface area contributed by atoms with E-state index in [4.69, 9.17) is 14.2 Å². The number of rotatable bonds is 6. The van der Waals surface area contributed by atoms with Gasteiger partial charge < -0.3 is 18.8 Å². The highest BCUT2D eigenvalue weighted by atomic mass is 32.1. The van der Waals surface area contributed by atoms with Gasteiger partial charge in [0.05, 0.1) is 31.5 Å². The maximum absolute atomic E-state index is 12.7. The fourth-order valence-electron chi connectivity index (χ4n) is 2.83. The van der Waals surface area contributed by atoms with Crippen LogP contribution in [0.15, 0.2) is 41.4 Å². The summed E-state index contributed by atoms with van der Waals surface area (Å²) in [5.41, 5.74) is 1.46. The highest BCUT2D eigenvalue weighted by Gasteiger charge is 2.13. The van der Waals surface area contributed by atoms with Gasteiger partial charge >= 0.3 is 0 Å². The van der Waals surface area contributed by atoms with Crippen LogP contribution in [0.4, 0.5) is 0 Å². The molecule has 0 radical (unpaired) electrons. The fourth-order valence-corrected chi connectivity index (χ4v) is 3.89. The molecule has 6 nitrogen and oxygen atoms in total. The predicted molar refractivity (Wildman–Crippen MR) is 106 cm³/mol. The maximum atomic E-state index is 12.7. The molecule has 0 spiro atoms. The summed E-state index contributed by atoms with van der Waals surface area (Å²) in [6.45, 7) is 2.84. The van der Waals surface area contributed by atoms with Crippen molar-refractivity contribution in [3.05, 3.63) is 46.8 Å². The van der Waals surface area contributed by atoms with Crippen molar-refractivity contribution in [1.82, 2.24) is 4.57 Å². The molecule has 0 aliphatic heterocycles. The largest absolute Gasteiger partial charge is 0.497 e. The molecule has 0 bridgehead atoms. The van der Waals surface area contributed by atoms with Crippen LogP contribution in [0.25, 0.3) is 10.2 Å². The molecule has 3 rings (SSSR count). The Hall–Kier alpha value is -2.80. The maximum Gasteiger partial charge on any atom is 0.279 e. The molecule has 0 saturated carbocycles. The number of aromatic nitrogens is 1. The van der Waals surface area contributed by atoms with Gasteiger partial charge in [-0.25, -0.2) is 0 Å². The number of hydrogen-bond donors (Lipinski definition) is 0. The van der Waals surface area contributed by atoms with Gasteiger partial charge in [0.2, 0.25) is 0 Å². The molecule has 2 aromatic carbocycles. The van der Waals surface area contributed by atoms with Gasteiger partial charge in [0.25, 0.3) is 5.91 Å². The van der Waals surface area contributed by atoms with Crippen LogP contribution in [-0.4, -0.2) is 31.8 Å². The molecule has 0 atom stereocenters. The second kappa shape index (κ2) is 8.26. The first-order chi connectivity index (χ1) is 13.1. The molecule has 27 heavy (non-hydrogen) atoms. The van der Waals surface area contributed by atoms with Gasteiger partial charge in [0, 0.05) is 24.2 Å². The van der Waals surface area contributed by atoms with Crippen molar-refractivity contribution in [2.24, 2.45) is 4.99 Å². The highest BCUT2D eigenvalue weighted by Crippen LogP contribution is 2.33. The average Bonchev–Trinajstić information content (AvgIpc) is 3.03. The van der Waals surface area contributed by atoms with E-state index < -0.39 is 0 Å². The quantitative estimate of drug-likeness (QED) is 0.645. The Labute approximate surface area is 161 Å². The second-order valence-corrected chi connectivity index (χ2v) is 6.87. The second-order valence-electron chi connectivity index (χ2n) is 5.86. The molecule has 0 aliphatic rings. The molecular weight excluding hydrogens is 364 g/mol. The van der Waals surface area contributed by atoms with E-state index in [1.54, 1.807) is 45.6 Å². The van der Waals surface area contributed by atoms with Crippen molar-refractivity contribution in [2.45, 2.75) is 19.9 Å². The average molecular weight is 386 g/mol. The lowest BCUT2D eigenvalue weighted by Crippen LogP contribution is -2.17. The van der Waals surface area contributed by atoms with Gasteiger partial charge in [-0.3, -0.25) is 4.79 Å². The van der Waals surface area contributed by atoms with Crippen LogP contribution in [0.5, 0.6) is 17.2 Å². The SMILES string of the molecule is CCCn1c(=NC(=O)c2cccc(OC)c2)sc2cc(OC)c(OC)cc21. The monoisotopic (exact) mass is 386 g/mol. The van der Waals surface area contributed by atoms with Crippen molar-refractivity contribution in [3.63, 3.8) is 0 Å². The van der Waals surface area contributed by atoms with Crippen LogP contribution in [0, 0.1) is 0 Å². The molecule has 0 fully saturated rings. The molecule has 142 valence electrons. The van der Waals surface area contributed by atoms with Crippen molar-refractivity contribution in [3.8, 4) is 17.2 Å². The summed E-state index contributed by atoms with van der Waals surface area (Å²) in [6.07, 6.45) is 0.917. The van der Waals surface area contributed by atoms with Crippen molar-refractivity contribution in [1.29, 1.82) is 0 Å². The zero-order valence-electron chi connectivity index (χ0n) is 15.8. The third-order valence-electron chi connectivity index (χ3n) is 4.15. The lowest BCUT2D eigenvalue weighted by Gasteiger charge is -2.08. The Balaban J connectivity index is 2.15. The lowest BCUT2D eigenvalue weighted by atomic mass is 10.2. The van der Waals surface area contributed by atoms with E-state index in [0.29, 0.717) is 27.6 Å². The van der Waals surface area contributed by atoms with Crippen LogP contribution < -0.4 is 19.0 Å². The number of methoxy groups -OCH3 is 3. The number of benzene rings is 2. The number of amides is 1. The minimum absolute atomic E-state index is 0.302. The summed E-state index contributed by atoms with van der Waals surface area (Å²) in [7, 11) is 4.79. The molecular formula is C20H22N2O4S. The van der Waals surface area contributed by atoms with Gasteiger partial charge in [0.15, 0.2) is 16.3 Å². The first-order valence-electron chi connectivity index (χ1n) is 8.59. The Kier molecular flexibility index (Phi) is 5.81. The number of ether oxygens (including phenoxy) is 3. The van der Waals surface area contributed by atoms with Gasteiger partial charge in [-0.05, 0) is 24.6 Å². The van der Waals surface area contributed by atoms with Crippen LogP contribution in [-0.2, 0) is 6.54 Å². The van der Waals surface area contributed by atoms with Gasteiger partial charge in [0.1, 0.15) is 5.75 Å². The molecule has 3 aromatic rings. The summed E-state index contributed by atoms with van der Waals surface area (Å²) >= 11 is 1.45. The molecule has 1 heterocycles.